The molecular formula is C42H83NO5. The summed E-state index contributed by atoms with van der Waals surface area (Å²) in [5, 5.41) is 9.53. The number of hydrogen-bond acceptors (Lipinski definition) is 6. The van der Waals surface area contributed by atoms with E-state index in [-0.39, 0.29) is 30.8 Å². The smallest absolute Gasteiger partial charge is 0.306 e. The van der Waals surface area contributed by atoms with Crippen molar-refractivity contribution in [1.82, 2.24) is 4.90 Å². The highest BCUT2D eigenvalue weighted by Crippen LogP contribution is 2.18. The van der Waals surface area contributed by atoms with Gasteiger partial charge in [-0.15, -0.1) is 0 Å². The third-order valence-corrected chi connectivity index (χ3v) is 9.73. The number of esters is 2. The molecule has 1 N–H and O–H groups in total. The molecule has 6 heteroatoms. The maximum absolute atomic E-state index is 12.6. The third kappa shape index (κ3) is 33.4. The van der Waals surface area contributed by atoms with Gasteiger partial charge in [-0.05, 0) is 84.2 Å². The van der Waals surface area contributed by atoms with E-state index < -0.39 is 0 Å². The fraction of sp³-hybridized carbons (Fsp3) is 0.952. The number of hydrogen-bond donors (Lipinski definition) is 1. The number of rotatable bonds is 38. The Morgan fingerprint density at radius 2 is 0.854 bits per heavy atom. The first kappa shape index (κ1) is 46.9. The second kappa shape index (κ2) is 37.1. The highest BCUT2D eigenvalue weighted by atomic mass is 16.5. The molecule has 0 aliphatic heterocycles. The molecule has 0 fully saturated rings. The van der Waals surface area contributed by atoms with Gasteiger partial charge in [0, 0.05) is 19.4 Å². The molecule has 0 bridgehead atoms. The molecule has 286 valence electrons. The third-order valence-electron chi connectivity index (χ3n) is 9.73. The molecule has 0 spiro atoms. The fourth-order valence-corrected chi connectivity index (χ4v) is 6.58. The van der Waals surface area contributed by atoms with Gasteiger partial charge in [-0.25, -0.2) is 0 Å². The van der Waals surface area contributed by atoms with E-state index in [9.17, 15) is 14.7 Å². The molecule has 0 aliphatic carbocycles. The van der Waals surface area contributed by atoms with Gasteiger partial charge in [-0.2, -0.15) is 0 Å². The average molecular weight is 682 g/mol. The molecule has 0 aromatic heterocycles. The summed E-state index contributed by atoms with van der Waals surface area (Å²) >= 11 is 0. The highest BCUT2D eigenvalue weighted by molar-refractivity contribution is 5.69. The van der Waals surface area contributed by atoms with Gasteiger partial charge in [0.2, 0.25) is 0 Å². The Bertz CT molecular complexity index is 687. The van der Waals surface area contributed by atoms with Crippen molar-refractivity contribution in [3.05, 3.63) is 0 Å². The summed E-state index contributed by atoms with van der Waals surface area (Å²) in [4.78, 5) is 27.2. The molecule has 0 radical (unpaired) electrons. The zero-order chi connectivity index (χ0) is 35.3. The SMILES string of the molecule is CCCCCCCCC(C)OC(=O)CCCCCN(CCO)CCCCCCCC(=O)OC(CCCCCCC)CCCCCCCC. The van der Waals surface area contributed by atoms with Crippen molar-refractivity contribution >= 4 is 11.9 Å². The van der Waals surface area contributed by atoms with E-state index in [0.29, 0.717) is 19.4 Å². The topological polar surface area (TPSA) is 76.1 Å². The van der Waals surface area contributed by atoms with Gasteiger partial charge < -0.3 is 19.5 Å². The van der Waals surface area contributed by atoms with Crippen molar-refractivity contribution in [2.24, 2.45) is 0 Å². The van der Waals surface area contributed by atoms with E-state index in [2.05, 4.69) is 25.7 Å². The van der Waals surface area contributed by atoms with Gasteiger partial charge >= 0.3 is 11.9 Å². The van der Waals surface area contributed by atoms with Crippen LogP contribution in [0.4, 0.5) is 0 Å². The van der Waals surface area contributed by atoms with Crippen molar-refractivity contribution in [1.29, 1.82) is 0 Å². The van der Waals surface area contributed by atoms with Gasteiger partial charge in [-0.1, -0.05) is 136 Å². The lowest BCUT2D eigenvalue weighted by Gasteiger charge is -2.21. The zero-order valence-corrected chi connectivity index (χ0v) is 32.7. The lowest BCUT2D eigenvalue weighted by atomic mass is 10.0. The monoisotopic (exact) mass is 682 g/mol. The summed E-state index contributed by atoms with van der Waals surface area (Å²) in [6.45, 7) is 11.6. The molecule has 0 rings (SSSR count). The largest absolute Gasteiger partial charge is 0.463 e. The second-order valence-electron chi connectivity index (χ2n) is 14.6. The standard InChI is InChI=1S/C42H83NO5/c1-5-8-11-14-18-23-30-39(4)47-41(45)33-27-22-29-36-43(37-38-44)35-28-21-16-20-26-34-42(46)48-40(31-24-17-13-10-7-3)32-25-19-15-12-9-6-2/h39-40,44H,5-38H2,1-4H3. The van der Waals surface area contributed by atoms with Crippen molar-refractivity contribution in [3.8, 4) is 0 Å². The molecule has 2 atom stereocenters. The van der Waals surface area contributed by atoms with E-state index in [1.165, 1.54) is 103 Å². The molecule has 0 saturated carbocycles. The summed E-state index contributed by atoms with van der Waals surface area (Å²) in [7, 11) is 0. The summed E-state index contributed by atoms with van der Waals surface area (Å²) in [5.74, 6) is -0.0515. The van der Waals surface area contributed by atoms with Gasteiger partial charge in [0.15, 0.2) is 0 Å². The Balaban J connectivity index is 4.03. The molecule has 0 aromatic carbocycles. The molecule has 0 saturated heterocycles. The van der Waals surface area contributed by atoms with Crippen LogP contribution in [-0.2, 0) is 19.1 Å². The van der Waals surface area contributed by atoms with Crippen molar-refractivity contribution in [2.75, 3.05) is 26.2 Å². The number of carbonyl (C=O) groups excluding carboxylic acids is 2. The van der Waals surface area contributed by atoms with Crippen LogP contribution in [0.2, 0.25) is 0 Å². The molecular weight excluding hydrogens is 598 g/mol. The summed E-state index contributed by atoms with van der Waals surface area (Å²) < 4.78 is 11.6. The number of carbonyl (C=O) groups is 2. The van der Waals surface area contributed by atoms with E-state index in [4.69, 9.17) is 9.47 Å². The van der Waals surface area contributed by atoms with Crippen LogP contribution in [0.3, 0.4) is 0 Å². The maximum atomic E-state index is 12.6. The molecule has 2 unspecified atom stereocenters. The second-order valence-corrected chi connectivity index (χ2v) is 14.6. The predicted octanol–water partition coefficient (Wildman–Crippen LogP) is 11.9. The molecule has 0 heterocycles. The number of ether oxygens (including phenoxy) is 2. The van der Waals surface area contributed by atoms with Crippen molar-refractivity contribution in [3.63, 3.8) is 0 Å². The number of aliphatic hydroxyl groups excluding tert-OH is 1. The Kier molecular flexibility index (Phi) is 36.2. The Hall–Kier alpha value is -1.14. The van der Waals surface area contributed by atoms with Crippen molar-refractivity contribution < 1.29 is 24.2 Å². The minimum absolute atomic E-state index is 0.00426. The number of nitrogens with zero attached hydrogens (tertiary/aromatic N) is 1. The van der Waals surface area contributed by atoms with Crippen LogP contribution in [-0.4, -0.2) is 60.4 Å². The van der Waals surface area contributed by atoms with Gasteiger partial charge in [0.05, 0.1) is 12.7 Å². The first-order valence-corrected chi connectivity index (χ1v) is 21.2. The van der Waals surface area contributed by atoms with Crippen LogP contribution in [0.25, 0.3) is 0 Å². The van der Waals surface area contributed by atoms with Gasteiger partial charge in [-0.3, -0.25) is 9.59 Å². The van der Waals surface area contributed by atoms with E-state index in [0.717, 1.165) is 90.1 Å². The van der Waals surface area contributed by atoms with Crippen LogP contribution in [0.5, 0.6) is 0 Å². The van der Waals surface area contributed by atoms with Gasteiger partial charge in [0.25, 0.3) is 0 Å². The quantitative estimate of drug-likeness (QED) is 0.0516. The number of unbranched alkanes of at least 4 members (excludes halogenated alkanes) is 20. The highest BCUT2D eigenvalue weighted by Gasteiger charge is 2.14. The summed E-state index contributed by atoms with van der Waals surface area (Å²) in [6, 6.07) is 0. The summed E-state index contributed by atoms with van der Waals surface area (Å²) in [6.07, 6.45) is 34.1. The molecule has 48 heavy (non-hydrogen) atoms. The first-order valence-electron chi connectivity index (χ1n) is 21.2. The molecule has 0 aliphatic rings. The van der Waals surface area contributed by atoms with Crippen LogP contribution in [0.15, 0.2) is 0 Å². The molecule has 0 amide bonds. The van der Waals surface area contributed by atoms with Crippen LogP contribution >= 0.6 is 0 Å². The zero-order valence-electron chi connectivity index (χ0n) is 32.7. The van der Waals surface area contributed by atoms with Crippen LogP contribution in [0.1, 0.15) is 220 Å². The lowest BCUT2D eigenvalue weighted by molar-refractivity contribution is -0.150. The molecule has 0 aromatic rings. The minimum atomic E-state index is -0.0558. The Labute approximate surface area is 299 Å². The Morgan fingerprint density at radius 3 is 1.33 bits per heavy atom. The maximum Gasteiger partial charge on any atom is 0.306 e. The summed E-state index contributed by atoms with van der Waals surface area (Å²) in [5.41, 5.74) is 0. The number of aliphatic hydroxyl groups is 1. The Morgan fingerprint density at radius 1 is 0.479 bits per heavy atom. The predicted molar refractivity (Wildman–Crippen MR) is 204 cm³/mol. The average Bonchev–Trinajstić information content (AvgIpc) is 3.06. The van der Waals surface area contributed by atoms with Crippen LogP contribution in [0, 0.1) is 0 Å². The lowest BCUT2D eigenvalue weighted by Crippen LogP contribution is -2.29. The molecule has 6 nitrogen and oxygen atoms in total. The van der Waals surface area contributed by atoms with E-state index in [1.807, 2.05) is 6.92 Å². The fourth-order valence-electron chi connectivity index (χ4n) is 6.58. The van der Waals surface area contributed by atoms with Crippen molar-refractivity contribution in [2.45, 2.75) is 233 Å². The minimum Gasteiger partial charge on any atom is -0.463 e. The normalized spacial score (nSPS) is 12.8. The first-order chi connectivity index (χ1) is 23.5. The van der Waals surface area contributed by atoms with E-state index in [1.54, 1.807) is 0 Å². The van der Waals surface area contributed by atoms with Crippen LogP contribution < -0.4 is 0 Å². The van der Waals surface area contributed by atoms with E-state index >= 15 is 0 Å². The van der Waals surface area contributed by atoms with Gasteiger partial charge in [0.1, 0.15) is 6.10 Å².